The number of nitro groups is 1. The van der Waals surface area contributed by atoms with E-state index in [0.717, 1.165) is 23.4 Å². The van der Waals surface area contributed by atoms with E-state index in [1.807, 2.05) is 10.6 Å². The van der Waals surface area contributed by atoms with Crippen LogP contribution >= 0.6 is 0 Å². The van der Waals surface area contributed by atoms with E-state index in [9.17, 15) is 19.7 Å². The summed E-state index contributed by atoms with van der Waals surface area (Å²) in [6, 6.07) is 10.2. The number of hydrogen-bond donors (Lipinski definition) is 0. The molecular weight excluding hydrogens is 374 g/mol. The minimum Gasteiger partial charge on any atom is -0.469 e. The molecule has 4 heterocycles. The highest BCUT2D eigenvalue weighted by molar-refractivity contribution is 5.77. The highest BCUT2D eigenvalue weighted by atomic mass is 16.6. The van der Waals surface area contributed by atoms with Crippen LogP contribution < -0.4 is 10.5 Å². The molecule has 1 aromatic carbocycles. The van der Waals surface area contributed by atoms with Crippen LogP contribution in [-0.4, -0.2) is 35.2 Å². The molecule has 0 saturated carbocycles. The number of non-ortho nitro benzene ring substituents is 1. The molecule has 3 aliphatic rings. The molecule has 1 aromatic heterocycles. The van der Waals surface area contributed by atoms with Gasteiger partial charge in [-0.25, -0.2) is 0 Å². The SMILES string of the molecule is COC(=O)[C@@H]1Cc2cc([N+](=O)[O-])ccc2N2C[C@H]3C[C@@H](Cn4c3cccc4=O)[C@H]12. The zero-order chi connectivity index (χ0) is 20.3. The Hall–Kier alpha value is -3.16. The van der Waals surface area contributed by atoms with Crippen LogP contribution in [0.4, 0.5) is 11.4 Å². The molecular formula is C21H21N3O5. The third kappa shape index (κ3) is 2.66. The quantitative estimate of drug-likeness (QED) is 0.439. The molecule has 2 bridgehead atoms. The van der Waals surface area contributed by atoms with Crippen molar-refractivity contribution in [3.8, 4) is 0 Å². The number of benzene rings is 1. The van der Waals surface area contributed by atoms with Gasteiger partial charge in [-0.3, -0.25) is 19.7 Å². The van der Waals surface area contributed by atoms with Crippen molar-refractivity contribution in [1.29, 1.82) is 0 Å². The standard InChI is InChI=1S/C21H21N3O5/c1-29-21(26)16-9-12-8-15(24(27)28)5-6-18(12)23-10-13-7-14(20(16)23)11-22-17(13)3-2-4-19(22)25/h2-6,8,13-14,16,20H,7,9-11H2,1H3/t13-,14+,16-,20-/m1/s1. The summed E-state index contributed by atoms with van der Waals surface area (Å²) in [7, 11) is 1.38. The van der Waals surface area contributed by atoms with Crippen molar-refractivity contribution >= 4 is 17.3 Å². The number of esters is 1. The number of anilines is 1. The van der Waals surface area contributed by atoms with Crippen LogP contribution in [0.25, 0.3) is 0 Å². The Morgan fingerprint density at radius 2 is 2.07 bits per heavy atom. The van der Waals surface area contributed by atoms with Gasteiger partial charge in [-0.05, 0) is 36.5 Å². The molecule has 3 aliphatic heterocycles. The maximum absolute atomic E-state index is 12.7. The predicted molar refractivity (Wildman–Crippen MR) is 105 cm³/mol. The van der Waals surface area contributed by atoms with E-state index in [1.54, 1.807) is 24.3 Å². The molecule has 8 nitrogen and oxygen atoms in total. The summed E-state index contributed by atoms with van der Waals surface area (Å²) in [6.07, 6.45) is 1.32. The number of carbonyl (C=O) groups excluding carboxylic acids is 1. The van der Waals surface area contributed by atoms with Gasteiger partial charge in [0.1, 0.15) is 0 Å². The Bertz CT molecular complexity index is 1080. The average molecular weight is 395 g/mol. The second-order valence-corrected chi connectivity index (χ2v) is 8.14. The summed E-state index contributed by atoms with van der Waals surface area (Å²) in [5, 5.41) is 11.2. The molecule has 5 rings (SSSR count). The number of rotatable bonds is 2. The van der Waals surface area contributed by atoms with Crippen LogP contribution in [0.15, 0.2) is 41.2 Å². The van der Waals surface area contributed by atoms with Gasteiger partial charge < -0.3 is 14.2 Å². The first-order valence-electron chi connectivity index (χ1n) is 9.79. The Kier molecular flexibility index (Phi) is 3.97. The van der Waals surface area contributed by atoms with Gasteiger partial charge in [0.25, 0.3) is 11.2 Å². The second-order valence-electron chi connectivity index (χ2n) is 8.14. The molecule has 0 aliphatic carbocycles. The number of piperidine rings is 1. The van der Waals surface area contributed by atoms with Crippen molar-refractivity contribution in [2.45, 2.75) is 31.3 Å². The Balaban J connectivity index is 1.63. The van der Waals surface area contributed by atoms with Gasteiger partial charge in [0, 0.05) is 54.6 Å². The van der Waals surface area contributed by atoms with Crippen molar-refractivity contribution in [2.75, 3.05) is 18.6 Å². The maximum atomic E-state index is 12.7. The van der Waals surface area contributed by atoms with Gasteiger partial charge in [0.2, 0.25) is 0 Å². The number of pyridine rings is 1. The van der Waals surface area contributed by atoms with Gasteiger partial charge in [-0.15, -0.1) is 0 Å². The third-order valence-corrected chi connectivity index (χ3v) is 6.71. The number of nitro benzene ring substituents is 1. The molecule has 29 heavy (non-hydrogen) atoms. The molecule has 0 unspecified atom stereocenters. The predicted octanol–water partition coefficient (Wildman–Crippen LogP) is 2.09. The first kappa shape index (κ1) is 17.9. The van der Waals surface area contributed by atoms with Crippen LogP contribution in [0.1, 0.15) is 23.6 Å². The number of ether oxygens (including phenoxy) is 1. The van der Waals surface area contributed by atoms with Gasteiger partial charge in [-0.1, -0.05) is 6.07 Å². The second kappa shape index (κ2) is 6.43. The largest absolute Gasteiger partial charge is 0.469 e. The molecule has 1 saturated heterocycles. The summed E-state index contributed by atoms with van der Waals surface area (Å²) in [5.74, 6) is -0.407. The summed E-state index contributed by atoms with van der Waals surface area (Å²) in [6.45, 7) is 1.24. The van der Waals surface area contributed by atoms with Crippen molar-refractivity contribution in [2.24, 2.45) is 11.8 Å². The molecule has 0 N–H and O–H groups in total. The van der Waals surface area contributed by atoms with Crippen LogP contribution in [0, 0.1) is 22.0 Å². The van der Waals surface area contributed by atoms with Gasteiger partial charge in [0.15, 0.2) is 0 Å². The summed E-state index contributed by atoms with van der Waals surface area (Å²) < 4.78 is 6.94. The van der Waals surface area contributed by atoms with Gasteiger partial charge >= 0.3 is 5.97 Å². The lowest BCUT2D eigenvalue weighted by molar-refractivity contribution is -0.384. The van der Waals surface area contributed by atoms with E-state index in [1.165, 1.54) is 13.2 Å². The molecule has 1 fully saturated rings. The van der Waals surface area contributed by atoms with E-state index >= 15 is 0 Å². The molecule has 0 radical (unpaired) electrons. The van der Waals surface area contributed by atoms with Crippen molar-refractivity contribution in [3.63, 3.8) is 0 Å². The summed E-state index contributed by atoms with van der Waals surface area (Å²) in [5.41, 5.74) is 2.79. The Morgan fingerprint density at radius 1 is 1.24 bits per heavy atom. The van der Waals surface area contributed by atoms with Crippen LogP contribution in [0.3, 0.4) is 0 Å². The van der Waals surface area contributed by atoms with E-state index in [-0.39, 0.29) is 35.1 Å². The fourth-order valence-electron chi connectivity index (χ4n) is 5.58. The molecule has 0 spiro atoms. The number of hydrogen-bond acceptors (Lipinski definition) is 6. The topological polar surface area (TPSA) is 94.7 Å². The van der Waals surface area contributed by atoms with Crippen molar-refractivity contribution in [1.82, 2.24) is 4.57 Å². The number of nitrogens with zero attached hydrogens (tertiary/aromatic N) is 3. The summed E-state index contributed by atoms with van der Waals surface area (Å²) >= 11 is 0. The van der Waals surface area contributed by atoms with E-state index in [4.69, 9.17) is 4.74 Å². The van der Waals surface area contributed by atoms with Crippen LogP contribution in [-0.2, 0) is 22.5 Å². The molecule has 2 aromatic rings. The number of carbonyl (C=O) groups is 1. The monoisotopic (exact) mass is 395 g/mol. The third-order valence-electron chi connectivity index (χ3n) is 6.71. The fraction of sp³-hybridized carbons (Fsp3) is 0.429. The number of fused-ring (bicyclic) bond motifs is 8. The first-order valence-corrected chi connectivity index (χ1v) is 9.79. The maximum Gasteiger partial charge on any atom is 0.311 e. The zero-order valence-corrected chi connectivity index (χ0v) is 16.0. The minimum atomic E-state index is -0.415. The fourth-order valence-corrected chi connectivity index (χ4v) is 5.58. The van der Waals surface area contributed by atoms with Crippen LogP contribution in [0.5, 0.6) is 0 Å². The molecule has 150 valence electrons. The lowest BCUT2D eigenvalue weighted by Crippen LogP contribution is -2.60. The van der Waals surface area contributed by atoms with Crippen molar-refractivity contribution < 1.29 is 14.5 Å². The average Bonchev–Trinajstić information content (AvgIpc) is 2.73. The molecule has 0 amide bonds. The highest BCUT2D eigenvalue weighted by Crippen LogP contribution is 2.47. The normalized spacial score (nSPS) is 26.7. The Labute approximate surface area is 166 Å². The zero-order valence-electron chi connectivity index (χ0n) is 16.0. The lowest BCUT2D eigenvalue weighted by atomic mass is 9.70. The Morgan fingerprint density at radius 3 is 2.83 bits per heavy atom. The van der Waals surface area contributed by atoms with Crippen LogP contribution in [0.2, 0.25) is 0 Å². The van der Waals surface area contributed by atoms with Gasteiger partial charge in [-0.2, -0.15) is 0 Å². The van der Waals surface area contributed by atoms with Gasteiger partial charge in [0.05, 0.1) is 18.0 Å². The molecule has 4 atom stereocenters. The minimum absolute atomic E-state index is 0.00731. The summed E-state index contributed by atoms with van der Waals surface area (Å²) in [4.78, 5) is 38.1. The lowest BCUT2D eigenvalue weighted by Gasteiger charge is -2.53. The van der Waals surface area contributed by atoms with E-state index in [0.29, 0.717) is 19.5 Å². The number of methoxy groups -OCH3 is 1. The molecule has 8 heteroatoms. The number of aromatic nitrogens is 1. The van der Waals surface area contributed by atoms with E-state index < -0.39 is 10.8 Å². The smallest absolute Gasteiger partial charge is 0.311 e. The first-order chi connectivity index (χ1) is 14.0. The van der Waals surface area contributed by atoms with E-state index in [2.05, 4.69) is 4.90 Å². The van der Waals surface area contributed by atoms with Crippen molar-refractivity contribution in [3.05, 3.63) is 68.1 Å². The highest BCUT2D eigenvalue weighted by Gasteiger charge is 2.49.